The number of carbonyl (C=O) groups excluding carboxylic acids is 1. The summed E-state index contributed by atoms with van der Waals surface area (Å²) < 4.78 is 1.13. The molecule has 1 saturated heterocycles. The van der Waals surface area contributed by atoms with E-state index in [-0.39, 0.29) is 11.3 Å². The third-order valence-corrected chi connectivity index (χ3v) is 5.41. The number of nitrogens with zero attached hydrogens (tertiary/aromatic N) is 1. The van der Waals surface area contributed by atoms with Crippen molar-refractivity contribution in [1.82, 2.24) is 10.3 Å². The van der Waals surface area contributed by atoms with Gasteiger partial charge in [0, 0.05) is 5.69 Å². The molecule has 1 amide bonds. The van der Waals surface area contributed by atoms with E-state index < -0.39 is 0 Å². The van der Waals surface area contributed by atoms with Crippen molar-refractivity contribution >= 4 is 33.1 Å². The van der Waals surface area contributed by atoms with Crippen molar-refractivity contribution in [3.8, 4) is 0 Å². The molecule has 5 heteroatoms. The number of aromatic nitrogens is 1. The largest absolute Gasteiger partial charge is 0.326 e. The molecule has 1 aromatic heterocycles. The summed E-state index contributed by atoms with van der Waals surface area (Å²) in [5.41, 5.74) is 1.66. The molecule has 1 fully saturated rings. The topological polar surface area (TPSA) is 54.0 Å². The number of amides is 1. The highest BCUT2D eigenvalue weighted by molar-refractivity contribution is 7.18. The minimum absolute atomic E-state index is 0.159. The molecule has 112 valence electrons. The second-order valence-electron chi connectivity index (χ2n) is 5.75. The van der Waals surface area contributed by atoms with Gasteiger partial charge in [-0.3, -0.25) is 4.79 Å². The van der Waals surface area contributed by atoms with Crippen molar-refractivity contribution < 1.29 is 4.79 Å². The highest BCUT2D eigenvalue weighted by Crippen LogP contribution is 2.34. The maximum Gasteiger partial charge on any atom is 0.230 e. The lowest BCUT2D eigenvalue weighted by Crippen LogP contribution is -2.44. The molecule has 0 bridgehead atoms. The number of hydrogen-bond acceptors (Lipinski definition) is 4. The number of benzene rings is 1. The van der Waals surface area contributed by atoms with Crippen LogP contribution in [-0.4, -0.2) is 24.0 Å². The fourth-order valence-electron chi connectivity index (χ4n) is 3.03. The number of carbonyl (C=O) groups is 1. The highest BCUT2D eigenvalue weighted by atomic mass is 32.1. The molecule has 3 rings (SSSR count). The maximum absolute atomic E-state index is 12.7. The number of aryl methyl sites for hydroxylation is 1. The SMILES string of the molecule is CCC1(C(=O)Nc2ccc3nc(C)sc3c2)CCNCC1. The predicted molar refractivity (Wildman–Crippen MR) is 87.8 cm³/mol. The van der Waals surface area contributed by atoms with Crippen molar-refractivity contribution in [1.29, 1.82) is 0 Å². The average Bonchev–Trinajstić information content (AvgIpc) is 2.87. The van der Waals surface area contributed by atoms with Gasteiger partial charge in [0.1, 0.15) is 0 Å². The molecular formula is C16H21N3OS. The van der Waals surface area contributed by atoms with Gasteiger partial charge < -0.3 is 10.6 Å². The fraction of sp³-hybridized carbons (Fsp3) is 0.500. The van der Waals surface area contributed by atoms with Gasteiger partial charge >= 0.3 is 0 Å². The van der Waals surface area contributed by atoms with Crippen LogP contribution in [0.2, 0.25) is 0 Å². The van der Waals surface area contributed by atoms with Gasteiger partial charge in [0.25, 0.3) is 0 Å². The van der Waals surface area contributed by atoms with Gasteiger partial charge in [-0.25, -0.2) is 4.98 Å². The van der Waals surface area contributed by atoms with Crippen LogP contribution in [-0.2, 0) is 4.79 Å². The van der Waals surface area contributed by atoms with Crippen LogP contribution in [0.25, 0.3) is 10.2 Å². The number of hydrogen-bond donors (Lipinski definition) is 2. The second kappa shape index (κ2) is 5.73. The number of fused-ring (bicyclic) bond motifs is 1. The number of rotatable bonds is 3. The van der Waals surface area contributed by atoms with E-state index in [2.05, 4.69) is 22.5 Å². The zero-order chi connectivity index (χ0) is 14.9. The summed E-state index contributed by atoms with van der Waals surface area (Å²) in [5.74, 6) is 0.159. The zero-order valence-corrected chi connectivity index (χ0v) is 13.3. The van der Waals surface area contributed by atoms with Crippen LogP contribution in [0.15, 0.2) is 18.2 Å². The van der Waals surface area contributed by atoms with Crippen LogP contribution in [0.5, 0.6) is 0 Å². The molecule has 0 saturated carbocycles. The third kappa shape index (κ3) is 2.80. The molecule has 0 spiro atoms. The van der Waals surface area contributed by atoms with Gasteiger partial charge in [0.2, 0.25) is 5.91 Å². The van der Waals surface area contributed by atoms with E-state index in [1.807, 2.05) is 25.1 Å². The van der Waals surface area contributed by atoms with Crippen LogP contribution < -0.4 is 10.6 Å². The lowest BCUT2D eigenvalue weighted by molar-refractivity contribution is -0.127. The molecule has 0 atom stereocenters. The van der Waals surface area contributed by atoms with Gasteiger partial charge in [-0.05, 0) is 57.5 Å². The maximum atomic E-state index is 12.7. The minimum Gasteiger partial charge on any atom is -0.326 e. The Labute approximate surface area is 129 Å². The Balaban J connectivity index is 1.81. The molecule has 2 aromatic rings. The average molecular weight is 303 g/mol. The summed E-state index contributed by atoms with van der Waals surface area (Å²) in [7, 11) is 0. The Morgan fingerprint density at radius 1 is 1.43 bits per heavy atom. The van der Waals surface area contributed by atoms with E-state index in [0.29, 0.717) is 0 Å². The number of piperidine rings is 1. The smallest absolute Gasteiger partial charge is 0.230 e. The highest BCUT2D eigenvalue weighted by Gasteiger charge is 2.37. The molecule has 0 unspecified atom stereocenters. The molecule has 2 heterocycles. The number of anilines is 1. The lowest BCUT2D eigenvalue weighted by atomic mass is 9.76. The van der Waals surface area contributed by atoms with E-state index in [4.69, 9.17) is 0 Å². The van der Waals surface area contributed by atoms with Crippen molar-refractivity contribution in [2.24, 2.45) is 5.41 Å². The van der Waals surface area contributed by atoms with Crippen molar-refractivity contribution in [2.45, 2.75) is 33.1 Å². The Kier molecular flexibility index (Phi) is 3.95. The van der Waals surface area contributed by atoms with Crippen LogP contribution in [0, 0.1) is 12.3 Å². The van der Waals surface area contributed by atoms with Gasteiger partial charge in [-0.2, -0.15) is 0 Å². The van der Waals surface area contributed by atoms with Crippen LogP contribution in [0.1, 0.15) is 31.2 Å². The fourth-order valence-corrected chi connectivity index (χ4v) is 3.89. The molecule has 0 radical (unpaired) electrons. The summed E-state index contributed by atoms with van der Waals surface area (Å²) in [4.78, 5) is 17.2. The predicted octanol–water partition coefficient (Wildman–Crippen LogP) is 3.32. The third-order valence-electron chi connectivity index (χ3n) is 4.47. The molecule has 1 aliphatic heterocycles. The molecule has 2 N–H and O–H groups in total. The van der Waals surface area contributed by atoms with E-state index >= 15 is 0 Å². The molecule has 0 aliphatic carbocycles. The normalized spacial score (nSPS) is 17.8. The second-order valence-corrected chi connectivity index (χ2v) is 6.99. The van der Waals surface area contributed by atoms with Gasteiger partial charge in [0.05, 0.1) is 20.6 Å². The van der Waals surface area contributed by atoms with E-state index in [9.17, 15) is 4.79 Å². The zero-order valence-electron chi connectivity index (χ0n) is 12.5. The number of nitrogens with one attached hydrogen (secondary N) is 2. The van der Waals surface area contributed by atoms with Gasteiger partial charge in [-0.1, -0.05) is 6.92 Å². The van der Waals surface area contributed by atoms with Crippen molar-refractivity contribution in [3.63, 3.8) is 0 Å². The Hall–Kier alpha value is -1.46. The van der Waals surface area contributed by atoms with Gasteiger partial charge in [-0.15, -0.1) is 11.3 Å². The summed E-state index contributed by atoms with van der Waals surface area (Å²) in [6.07, 6.45) is 2.72. The summed E-state index contributed by atoms with van der Waals surface area (Å²) in [6.45, 7) is 5.97. The summed E-state index contributed by atoms with van der Waals surface area (Å²) in [5, 5.41) is 7.50. The quantitative estimate of drug-likeness (QED) is 0.914. The summed E-state index contributed by atoms with van der Waals surface area (Å²) >= 11 is 1.66. The van der Waals surface area contributed by atoms with Crippen molar-refractivity contribution in [2.75, 3.05) is 18.4 Å². The first-order valence-electron chi connectivity index (χ1n) is 7.52. The van der Waals surface area contributed by atoms with E-state index in [1.165, 1.54) is 0 Å². The Bertz CT molecular complexity index is 659. The first-order chi connectivity index (χ1) is 10.1. The first-order valence-corrected chi connectivity index (χ1v) is 8.34. The van der Waals surface area contributed by atoms with Crippen LogP contribution in [0.4, 0.5) is 5.69 Å². The Morgan fingerprint density at radius 3 is 2.90 bits per heavy atom. The van der Waals surface area contributed by atoms with E-state index in [1.54, 1.807) is 11.3 Å². The Morgan fingerprint density at radius 2 is 2.19 bits per heavy atom. The first kappa shape index (κ1) is 14.5. The molecular weight excluding hydrogens is 282 g/mol. The van der Waals surface area contributed by atoms with Crippen molar-refractivity contribution in [3.05, 3.63) is 23.2 Å². The van der Waals surface area contributed by atoms with E-state index in [0.717, 1.165) is 53.3 Å². The standard InChI is InChI=1S/C16H21N3OS/c1-3-16(6-8-17-9-7-16)15(20)19-12-4-5-13-14(10-12)21-11(2)18-13/h4-5,10,17H,3,6-9H2,1-2H3,(H,19,20). The molecule has 1 aliphatic rings. The van der Waals surface area contributed by atoms with Crippen LogP contribution >= 0.6 is 11.3 Å². The van der Waals surface area contributed by atoms with Gasteiger partial charge in [0.15, 0.2) is 0 Å². The number of thiazole rings is 1. The molecule has 1 aromatic carbocycles. The monoisotopic (exact) mass is 303 g/mol. The summed E-state index contributed by atoms with van der Waals surface area (Å²) in [6, 6.07) is 5.96. The lowest BCUT2D eigenvalue weighted by Gasteiger charge is -2.35. The molecule has 21 heavy (non-hydrogen) atoms. The molecule has 4 nitrogen and oxygen atoms in total. The van der Waals surface area contributed by atoms with Crippen LogP contribution in [0.3, 0.4) is 0 Å². The minimum atomic E-state index is -0.218.